The van der Waals surface area contributed by atoms with E-state index < -0.39 is 0 Å². The van der Waals surface area contributed by atoms with Crippen molar-refractivity contribution in [2.45, 2.75) is 25.3 Å². The first-order valence-corrected chi connectivity index (χ1v) is 7.88. The SMILES string of the molecule is c1cc2c(cc1-c1csc(NC3CC3)n1)OCCCO2. The Balaban J connectivity index is 1.60. The fraction of sp³-hybridized carbons (Fsp3) is 0.400. The van der Waals surface area contributed by atoms with Crippen molar-refractivity contribution in [2.75, 3.05) is 18.5 Å². The first-order chi connectivity index (χ1) is 9.88. The molecule has 104 valence electrons. The molecule has 0 amide bonds. The number of rotatable bonds is 3. The minimum Gasteiger partial charge on any atom is -0.490 e. The van der Waals surface area contributed by atoms with Crippen LogP contribution in [0.25, 0.3) is 11.3 Å². The summed E-state index contributed by atoms with van der Waals surface area (Å²) in [7, 11) is 0. The molecular weight excluding hydrogens is 272 g/mol. The highest BCUT2D eigenvalue weighted by atomic mass is 32.1. The molecular formula is C15H16N2O2S. The molecule has 1 aromatic carbocycles. The Morgan fingerprint density at radius 2 is 2.00 bits per heavy atom. The summed E-state index contributed by atoms with van der Waals surface area (Å²) in [4.78, 5) is 4.64. The number of benzene rings is 1. The lowest BCUT2D eigenvalue weighted by molar-refractivity contribution is 0.297. The Kier molecular flexibility index (Phi) is 2.99. The molecule has 0 saturated heterocycles. The molecule has 2 aliphatic rings. The zero-order valence-corrected chi connectivity index (χ0v) is 11.9. The Morgan fingerprint density at radius 3 is 2.85 bits per heavy atom. The average molecular weight is 288 g/mol. The average Bonchev–Trinajstić information content (AvgIpc) is 3.20. The van der Waals surface area contributed by atoms with Gasteiger partial charge in [0.25, 0.3) is 0 Å². The van der Waals surface area contributed by atoms with Crippen LogP contribution in [0, 0.1) is 0 Å². The van der Waals surface area contributed by atoms with Crippen LogP contribution >= 0.6 is 11.3 Å². The Bertz CT molecular complexity index is 622. The van der Waals surface area contributed by atoms with Gasteiger partial charge in [0.1, 0.15) is 0 Å². The van der Waals surface area contributed by atoms with Crippen LogP contribution in [-0.4, -0.2) is 24.2 Å². The molecule has 0 spiro atoms. The summed E-state index contributed by atoms with van der Waals surface area (Å²) in [5.74, 6) is 1.66. The van der Waals surface area contributed by atoms with Crippen molar-refractivity contribution >= 4 is 16.5 Å². The first-order valence-electron chi connectivity index (χ1n) is 7.00. The lowest BCUT2D eigenvalue weighted by Crippen LogP contribution is -1.99. The number of hydrogen-bond acceptors (Lipinski definition) is 5. The number of ether oxygens (including phenoxy) is 2. The molecule has 0 radical (unpaired) electrons. The van der Waals surface area contributed by atoms with Gasteiger partial charge < -0.3 is 14.8 Å². The fourth-order valence-corrected chi connectivity index (χ4v) is 3.00. The normalized spacial score (nSPS) is 17.6. The van der Waals surface area contributed by atoms with E-state index in [1.807, 2.05) is 18.2 Å². The number of hydrogen-bond donors (Lipinski definition) is 1. The van der Waals surface area contributed by atoms with Crippen molar-refractivity contribution < 1.29 is 9.47 Å². The zero-order valence-electron chi connectivity index (χ0n) is 11.1. The van der Waals surface area contributed by atoms with Crippen molar-refractivity contribution in [1.82, 2.24) is 4.98 Å². The molecule has 2 heterocycles. The van der Waals surface area contributed by atoms with Gasteiger partial charge in [-0.05, 0) is 31.0 Å². The van der Waals surface area contributed by atoms with Gasteiger partial charge in [-0.25, -0.2) is 4.98 Å². The van der Waals surface area contributed by atoms with Gasteiger partial charge in [-0.1, -0.05) is 0 Å². The van der Waals surface area contributed by atoms with E-state index in [-0.39, 0.29) is 0 Å². The van der Waals surface area contributed by atoms with E-state index in [0.717, 1.165) is 40.9 Å². The molecule has 1 saturated carbocycles. The predicted molar refractivity (Wildman–Crippen MR) is 79.8 cm³/mol. The summed E-state index contributed by atoms with van der Waals surface area (Å²) < 4.78 is 11.4. The van der Waals surface area contributed by atoms with E-state index >= 15 is 0 Å². The summed E-state index contributed by atoms with van der Waals surface area (Å²) in [5.41, 5.74) is 2.07. The highest BCUT2D eigenvalue weighted by molar-refractivity contribution is 7.14. The van der Waals surface area contributed by atoms with Gasteiger partial charge in [0.05, 0.1) is 18.9 Å². The molecule has 0 unspecified atom stereocenters. The van der Waals surface area contributed by atoms with E-state index in [1.165, 1.54) is 12.8 Å². The van der Waals surface area contributed by atoms with E-state index in [4.69, 9.17) is 9.47 Å². The summed E-state index contributed by atoms with van der Waals surface area (Å²) in [6.07, 6.45) is 3.45. The molecule has 2 aromatic rings. The lowest BCUT2D eigenvalue weighted by Gasteiger charge is -2.08. The van der Waals surface area contributed by atoms with Crippen LogP contribution in [-0.2, 0) is 0 Å². The van der Waals surface area contributed by atoms with Gasteiger partial charge in [-0.2, -0.15) is 0 Å². The fourth-order valence-electron chi connectivity index (χ4n) is 2.20. The summed E-state index contributed by atoms with van der Waals surface area (Å²) in [5, 5.41) is 6.53. The second-order valence-electron chi connectivity index (χ2n) is 5.17. The maximum absolute atomic E-state index is 5.73. The minimum atomic E-state index is 0.637. The highest BCUT2D eigenvalue weighted by Gasteiger charge is 2.22. The Morgan fingerprint density at radius 1 is 1.15 bits per heavy atom. The molecule has 5 heteroatoms. The smallest absolute Gasteiger partial charge is 0.183 e. The Hall–Kier alpha value is -1.75. The number of anilines is 1. The number of aromatic nitrogens is 1. The van der Waals surface area contributed by atoms with Gasteiger partial charge in [0.15, 0.2) is 16.6 Å². The maximum Gasteiger partial charge on any atom is 0.183 e. The van der Waals surface area contributed by atoms with Crippen molar-refractivity contribution in [3.05, 3.63) is 23.6 Å². The van der Waals surface area contributed by atoms with Crippen molar-refractivity contribution in [2.24, 2.45) is 0 Å². The van der Waals surface area contributed by atoms with Gasteiger partial charge in [0, 0.05) is 23.4 Å². The number of thiazole rings is 1. The van der Waals surface area contributed by atoms with Crippen LogP contribution in [0.5, 0.6) is 11.5 Å². The van der Waals surface area contributed by atoms with Gasteiger partial charge >= 0.3 is 0 Å². The monoisotopic (exact) mass is 288 g/mol. The topological polar surface area (TPSA) is 43.4 Å². The van der Waals surface area contributed by atoms with Crippen LogP contribution < -0.4 is 14.8 Å². The van der Waals surface area contributed by atoms with E-state index in [9.17, 15) is 0 Å². The van der Waals surface area contributed by atoms with Gasteiger partial charge in [-0.15, -0.1) is 11.3 Å². The molecule has 1 aliphatic heterocycles. The van der Waals surface area contributed by atoms with Crippen LogP contribution in [0.3, 0.4) is 0 Å². The molecule has 1 aromatic heterocycles. The lowest BCUT2D eigenvalue weighted by atomic mass is 10.1. The molecule has 0 bridgehead atoms. The quantitative estimate of drug-likeness (QED) is 0.938. The molecule has 1 aliphatic carbocycles. The minimum absolute atomic E-state index is 0.637. The summed E-state index contributed by atoms with van der Waals surface area (Å²) >= 11 is 1.66. The zero-order chi connectivity index (χ0) is 13.4. The molecule has 4 rings (SSSR count). The van der Waals surface area contributed by atoms with Crippen molar-refractivity contribution in [1.29, 1.82) is 0 Å². The third-order valence-electron chi connectivity index (χ3n) is 3.45. The third kappa shape index (κ3) is 2.45. The second kappa shape index (κ2) is 4.98. The first kappa shape index (κ1) is 12.0. The van der Waals surface area contributed by atoms with E-state index in [0.29, 0.717) is 12.6 Å². The number of nitrogens with zero attached hydrogens (tertiary/aromatic N) is 1. The summed E-state index contributed by atoms with van der Waals surface area (Å²) in [6, 6.07) is 6.68. The van der Waals surface area contributed by atoms with Crippen molar-refractivity contribution in [3.8, 4) is 22.8 Å². The standard InChI is InChI=1S/C15H16N2O2S/c1-6-18-13-5-2-10(8-14(13)19-7-1)12-9-20-15(17-12)16-11-3-4-11/h2,5,8-9,11H,1,3-4,6-7H2,(H,16,17). The maximum atomic E-state index is 5.73. The van der Waals surface area contributed by atoms with Crippen LogP contribution in [0.2, 0.25) is 0 Å². The van der Waals surface area contributed by atoms with E-state index in [1.54, 1.807) is 11.3 Å². The van der Waals surface area contributed by atoms with Gasteiger partial charge in [0.2, 0.25) is 0 Å². The third-order valence-corrected chi connectivity index (χ3v) is 4.23. The number of fused-ring (bicyclic) bond motifs is 1. The highest BCUT2D eigenvalue weighted by Crippen LogP contribution is 2.35. The number of nitrogens with one attached hydrogen (secondary N) is 1. The van der Waals surface area contributed by atoms with Crippen molar-refractivity contribution in [3.63, 3.8) is 0 Å². The van der Waals surface area contributed by atoms with E-state index in [2.05, 4.69) is 15.7 Å². The van der Waals surface area contributed by atoms with Crippen LogP contribution in [0.1, 0.15) is 19.3 Å². The molecule has 20 heavy (non-hydrogen) atoms. The molecule has 0 atom stereocenters. The molecule has 1 fully saturated rings. The van der Waals surface area contributed by atoms with Gasteiger partial charge in [-0.3, -0.25) is 0 Å². The Labute approximate surface area is 121 Å². The molecule has 1 N–H and O–H groups in total. The predicted octanol–water partition coefficient (Wildman–Crippen LogP) is 3.55. The largest absolute Gasteiger partial charge is 0.490 e. The van der Waals surface area contributed by atoms with Crippen LogP contribution in [0.4, 0.5) is 5.13 Å². The second-order valence-corrected chi connectivity index (χ2v) is 6.03. The molecule has 4 nitrogen and oxygen atoms in total. The summed E-state index contributed by atoms with van der Waals surface area (Å²) in [6.45, 7) is 1.43. The van der Waals surface area contributed by atoms with Crippen LogP contribution in [0.15, 0.2) is 23.6 Å².